The predicted octanol–water partition coefficient (Wildman–Crippen LogP) is 3.83. The van der Waals surface area contributed by atoms with Crippen LogP contribution in [-0.2, 0) is 26.2 Å². The fourth-order valence-corrected chi connectivity index (χ4v) is 6.06. The highest BCUT2D eigenvalue weighted by Crippen LogP contribution is 2.36. The summed E-state index contributed by atoms with van der Waals surface area (Å²) in [5.41, 5.74) is 1.17. The summed E-state index contributed by atoms with van der Waals surface area (Å²) < 4.78 is 38.2. The largest absolute Gasteiger partial charge is 0.454 e. The first kappa shape index (κ1) is 27.8. The maximum absolute atomic E-state index is 13.9. The molecule has 9 nitrogen and oxygen atoms in total. The molecule has 2 aromatic rings. The normalized spacial score (nSPS) is 16.1. The van der Waals surface area contributed by atoms with E-state index in [0.717, 1.165) is 35.6 Å². The molecule has 10 heteroatoms. The first-order chi connectivity index (χ1) is 18.3. The molecule has 0 unspecified atom stereocenters. The Balaban J connectivity index is 1.62. The number of fused-ring (bicyclic) bond motifs is 1. The topological polar surface area (TPSA) is 105 Å². The van der Waals surface area contributed by atoms with E-state index in [1.54, 1.807) is 18.2 Å². The number of amides is 2. The van der Waals surface area contributed by atoms with Gasteiger partial charge in [0.15, 0.2) is 11.5 Å². The van der Waals surface area contributed by atoms with Crippen molar-refractivity contribution in [2.24, 2.45) is 0 Å². The smallest absolute Gasteiger partial charge is 0.244 e. The van der Waals surface area contributed by atoms with Crippen LogP contribution in [0.4, 0.5) is 5.69 Å². The van der Waals surface area contributed by atoms with Crippen LogP contribution < -0.4 is 19.1 Å². The summed E-state index contributed by atoms with van der Waals surface area (Å²) in [6.07, 6.45) is 5.59. The number of carbonyl (C=O) groups is 2. The maximum atomic E-state index is 13.9. The average molecular weight is 544 g/mol. The van der Waals surface area contributed by atoms with Crippen molar-refractivity contribution in [2.75, 3.05) is 23.4 Å². The Morgan fingerprint density at radius 2 is 1.71 bits per heavy atom. The van der Waals surface area contributed by atoms with Gasteiger partial charge in [0.05, 0.1) is 11.4 Å². The molecular weight excluding hydrogens is 506 g/mol. The lowest BCUT2D eigenvalue weighted by Gasteiger charge is -2.34. The van der Waals surface area contributed by atoms with Crippen molar-refractivity contribution in [3.63, 3.8) is 0 Å². The third kappa shape index (κ3) is 6.59. The quantitative estimate of drug-likeness (QED) is 0.462. The van der Waals surface area contributed by atoms with Crippen LogP contribution in [0, 0.1) is 0 Å². The van der Waals surface area contributed by atoms with E-state index in [2.05, 4.69) is 5.32 Å². The molecule has 0 aromatic heterocycles. The van der Waals surface area contributed by atoms with Gasteiger partial charge < -0.3 is 19.7 Å². The summed E-state index contributed by atoms with van der Waals surface area (Å²) in [6, 6.07) is 13.6. The second-order valence-electron chi connectivity index (χ2n) is 9.72. The van der Waals surface area contributed by atoms with Gasteiger partial charge in [-0.15, -0.1) is 0 Å². The van der Waals surface area contributed by atoms with Crippen LogP contribution in [0.5, 0.6) is 11.5 Å². The number of hydrogen-bond acceptors (Lipinski definition) is 6. The van der Waals surface area contributed by atoms with E-state index in [-0.39, 0.29) is 31.0 Å². The minimum absolute atomic E-state index is 0.0530. The summed E-state index contributed by atoms with van der Waals surface area (Å²) >= 11 is 0. The number of rotatable bonds is 11. The number of hydrogen-bond donors (Lipinski definition) is 1. The highest BCUT2D eigenvalue weighted by atomic mass is 32.2. The fourth-order valence-electron chi connectivity index (χ4n) is 5.00. The minimum atomic E-state index is -3.82. The lowest BCUT2D eigenvalue weighted by atomic mass is 9.95. The number of anilines is 1. The second-order valence-corrected chi connectivity index (χ2v) is 11.9. The van der Waals surface area contributed by atoms with Crippen LogP contribution in [0.2, 0.25) is 0 Å². The van der Waals surface area contributed by atoms with E-state index < -0.39 is 28.5 Å². The molecule has 4 rings (SSSR count). The molecule has 1 atom stereocenters. The van der Waals surface area contributed by atoms with Crippen molar-refractivity contribution in [1.82, 2.24) is 10.2 Å². The van der Waals surface area contributed by atoms with Gasteiger partial charge in [-0.25, -0.2) is 8.42 Å². The Bertz CT molecular complexity index is 1210. The summed E-state index contributed by atoms with van der Waals surface area (Å²) in [7, 11) is -3.82. The zero-order chi connectivity index (χ0) is 27.1. The molecule has 0 saturated heterocycles. The first-order valence-electron chi connectivity index (χ1n) is 13.4. The number of nitrogens with zero attached hydrogens (tertiary/aromatic N) is 2. The molecule has 1 saturated carbocycles. The third-order valence-electron chi connectivity index (χ3n) is 7.16. The lowest BCUT2D eigenvalue weighted by molar-refractivity contribution is -0.140. The number of ether oxygens (including phenoxy) is 2. The molecule has 2 aromatic carbocycles. The number of carbonyl (C=O) groups excluding carboxylic acids is 2. The maximum Gasteiger partial charge on any atom is 0.244 e. The van der Waals surface area contributed by atoms with Crippen LogP contribution >= 0.6 is 0 Å². The fraction of sp³-hybridized carbons (Fsp3) is 0.500. The SMILES string of the molecule is CC[C@H](C(=O)NC1CCCCC1)N(Cc1ccccc1)C(=O)CN(c1ccc2c(c1)OCO2)S(=O)(=O)CC. The van der Waals surface area contributed by atoms with Crippen molar-refractivity contribution < 1.29 is 27.5 Å². The summed E-state index contributed by atoms with van der Waals surface area (Å²) in [4.78, 5) is 28.9. The zero-order valence-electron chi connectivity index (χ0n) is 22.1. The molecule has 1 aliphatic carbocycles. The highest BCUT2D eigenvalue weighted by molar-refractivity contribution is 7.92. The highest BCUT2D eigenvalue weighted by Gasteiger charge is 2.33. The van der Waals surface area contributed by atoms with E-state index in [1.807, 2.05) is 37.3 Å². The standard InChI is InChI=1S/C28H37N3O6S/c1-3-24(28(33)29-22-13-9-6-10-14-22)30(18-21-11-7-5-8-12-21)27(32)19-31(38(34,35)4-2)23-15-16-25-26(17-23)37-20-36-25/h5,7-8,11-12,15-17,22,24H,3-4,6,9-10,13-14,18-20H2,1-2H3,(H,29,33)/t24-/m1/s1. The Kier molecular flexibility index (Phi) is 9.14. The van der Waals surface area contributed by atoms with Gasteiger partial charge in [0.1, 0.15) is 12.6 Å². The van der Waals surface area contributed by atoms with Crippen molar-refractivity contribution in [3.05, 3.63) is 54.1 Å². The van der Waals surface area contributed by atoms with E-state index in [9.17, 15) is 18.0 Å². The molecule has 1 N–H and O–H groups in total. The Labute approximate surface area is 225 Å². The molecule has 1 fully saturated rings. The first-order valence-corrected chi connectivity index (χ1v) is 15.0. The van der Waals surface area contributed by atoms with E-state index in [0.29, 0.717) is 23.6 Å². The van der Waals surface area contributed by atoms with Crippen molar-refractivity contribution in [2.45, 2.75) is 71.0 Å². The molecule has 38 heavy (non-hydrogen) atoms. The van der Waals surface area contributed by atoms with E-state index in [4.69, 9.17) is 9.47 Å². The van der Waals surface area contributed by atoms with Gasteiger partial charge in [0.25, 0.3) is 0 Å². The zero-order valence-corrected chi connectivity index (χ0v) is 22.9. The predicted molar refractivity (Wildman–Crippen MR) is 145 cm³/mol. The Morgan fingerprint density at radius 3 is 2.39 bits per heavy atom. The average Bonchev–Trinajstić information content (AvgIpc) is 3.40. The number of benzene rings is 2. The molecule has 0 radical (unpaired) electrons. The molecule has 1 aliphatic heterocycles. The number of nitrogens with one attached hydrogen (secondary N) is 1. The van der Waals surface area contributed by atoms with Crippen LogP contribution in [0.1, 0.15) is 57.9 Å². The molecule has 1 heterocycles. The van der Waals surface area contributed by atoms with Gasteiger partial charge in [-0.1, -0.05) is 56.5 Å². The van der Waals surface area contributed by atoms with Crippen LogP contribution in [-0.4, -0.2) is 56.3 Å². The molecule has 2 aliphatic rings. The van der Waals surface area contributed by atoms with Crippen molar-refractivity contribution in [1.29, 1.82) is 0 Å². The summed E-state index contributed by atoms with van der Waals surface area (Å²) in [5.74, 6) is 0.105. The molecule has 0 spiro atoms. The Morgan fingerprint density at radius 1 is 1.00 bits per heavy atom. The second kappa shape index (κ2) is 12.5. The third-order valence-corrected chi connectivity index (χ3v) is 8.90. The van der Waals surface area contributed by atoms with Crippen LogP contribution in [0.15, 0.2) is 48.5 Å². The summed E-state index contributed by atoms with van der Waals surface area (Å²) in [5, 5.41) is 3.15. The van der Waals surface area contributed by atoms with Crippen LogP contribution in [0.3, 0.4) is 0 Å². The van der Waals surface area contributed by atoms with Gasteiger partial charge in [0, 0.05) is 18.7 Å². The van der Waals surface area contributed by atoms with Gasteiger partial charge >= 0.3 is 0 Å². The van der Waals surface area contributed by atoms with Gasteiger partial charge in [0.2, 0.25) is 28.6 Å². The number of sulfonamides is 1. The Hall–Kier alpha value is -3.27. The minimum Gasteiger partial charge on any atom is -0.454 e. The van der Waals surface area contributed by atoms with Gasteiger partial charge in [-0.05, 0) is 43.9 Å². The van der Waals surface area contributed by atoms with E-state index in [1.165, 1.54) is 18.2 Å². The monoisotopic (exact) mass is 543 g/mol. The lowest BCUT2D eigenvalue weighted by Crippen LogP contribution is -2.54. The molecule has 2 amide bonds. The van der Waals surface area contributed by atoms with Crippen molar-refractivity contribution in [3.8, 4) is 11.5 Å². The summed E-state index contributed by atoms with van der Waals surface area (Å²) in [6.45, 7) is 3.22. The molecule has 206 valence electrons. The van der Waals surface area contributed by atoms with Crippen molar-refractivity contribution >= 4 is 27.5 Å². The molecular formula is C28H37N3O6S. The van der Waals surface area contributed by atoms with E-state index >= 15 is 0 Å². The molecule has 0 bridgehead atoms. The van der Waals surface area contributed by atoms with Gasteiger partial charge in [-0.3, -0.25) is 13.9 Å². The van der Waals surface area contributed by atoms with Crippen LogP contribution in [0.25, 0.3) is 0 Å². The van der Waals surface area contributed by atoms with Gasteiger partial charge in [-0.2, -0.15) is 0 Å².